The van der Waals surface area contributed by atoms with Crippen molar-refractivity contribution in [2.24, 2.45) is 13.0 Å². The van der Waals surface area contributed by atoms with E-state index < -0.39 is 0 Å². The molecule has 1 amide bonds. The quantitative estimate of drug-likeness (QED) is 0.827. The number of hydrogen-bond donors (Lipinski definition) is 0. The largest absolute Gasteiger partial charge is 0.497 e. The molecule has 5 nitrogen and oxygen atoms in total. The Kier molecular flexibility index (Phi) is 5.13. The third-order valence-corrected chi connectivity index (χ3v) is 6.56. The number of amides is 1. The number of aryl methyl sites for hydroxylation is 1. The van der Waals surface area contributed by atoms with Crippen molar-refractivity contribution in [3.05, 3.63) is 30.0 Å². The van der Waals surface area contributed by atoms with E-state index in [4.69, 9.17) is 4.74 Å². The Morgan fingerprint density at radius 1 is 1.19 bits per heavy atom. The fourth-order valence-corrected chi connectivity index (χ4v) is 5.06. The molecule has 5 heteroatoms. The zero-order chi connectivity index (χ0) is 19.0. The molecule has 0 bridgehead atoms. The van der Waals surface area contributed by atoms with Gasteiger partial charge in [-0.05, 0) is 62.9 Å². The summed E-state index contributed by atoms with van der Waals surface area (Å²) in [7, 11) is 5.59. The predicted molar refractivity (Wildman–Crippen MR) is 108 cm³/mol. The number of carbonyl (C=O) groups is 1. The van der Waals surface area contributed by atoms with Crippen molar-refractivity contribution < 1.29 is 9.53 Å². The van der Waals surface area contributed by atoms with Crippen LogP contribution in [0, 0.1) is 5.92 Å². The molecule has 2 fully saturated rings. The van der Waals surface area contributed by atoms with Crippen LogP contribution < -0.4 is 4.74 Å². The van der Waals surface area contributed by atoms with Gasteiger partial charge in [0.2, 0.25) is 0 Å². The molecular weight excluding hydrogens is 338 g/mol. The van der Waals surface area contributed by atoms with Crippen molar-refractivity contribution in [2.45, 2.75) is 38.1 Å². The molecule has 4 rings (SSSR count). The van der Waals surface area contributed by atoms with Gasteiger partial charge in [-0.3, -0.25) is 4.79 Å². The Labute approximate surface area is 161 Å². The second kappa shape index (κ2) is 7.55. The number of ether oxygens (including phenoxy) is 1. The van der Waals surface area contributed by atoms with Gasteiger partial charge in [0.15, 0.2) is 0 Å². The summed E-state index contributed by atoms with van der Waals surface area (Å²) in [5.74, 6) is 1.53. The molecule has 3 heterocycles. The first-order valence-corrected chi connectivity index (χ1v) is 10.2. The van der Waals surface area contributed by atoms with Gasteiger partial charge in [-0.2, -0.15) is 0 Å². The van der Waals surface area contributed by atoms with Crippen LogP contribution in [0.15, 0.2) is 24.3 Å². The molecule has 27 heavy (non-hydrogen) atoms. The average molecular weight is 370 g/mol. The number of nitrogens with zero attached hydrogens (tertiary/aromatic N) is 3. The Bertz CT molecular complexity index is 826. The standard InChI is InChI=1S/C22H31N3O2/c1-23(15-17-7-6-12-25-11-5-4-8-19(17)25)22(26)21-13-16-9-10-18(27-3)14-20(16)24(21)2/h9-10,13-14,17,19H,4-8,11-12,15H2,1-3H3/t17-,19+/m1/s1. The maximum absolute atomic E-state index is 13.2. The summed E-state index contributed by atoms with van der Waals surface area (Å²) in [4.78, 5) is 17.8. The Morgan fingerprint density at radius 2 is 2.00 bits per heavy atom. The molecular formula is C22H31N3O2. The highest BCUT2D eigenvalue weighted by atomic mass is 16.5. The van der Waals surface area contributed by atoms with Gasteiger partial charge in [-0.25, -0.2) is 0 Å². The van der Waals surface area contributed by atoms with Gasteiger partial charge in [0, 0.05) is 38.1 Å². The van der Waals surface area contributed by atoms with Gasteiger partial charge in [0.25, 0.3) is 5.91 Å². The smallest absolute Gasteiger partial charge is 0.270 e. The minimum absolute atomic E-state index is 0.112. The lowest BCUT2D eigenvalue weighted by Gasteiger charge is -2.45. The highest BCUT2D eigenvalue weighted by Crippen LogP contribution is 2.32. The highest BCUT2D eigenvalue weighted by molar-refractivity contribution is 5.98. The van der Waals surface area contributed by atoms with Crippen LogP contribution in [-0.2, 0) is 7.05 Å². The Balaban J connectivity index is 1.52. The van der Waals surface area contributed by atoms with E-state index >= 15 is 0 Å². The molecule has 0 unspecified atom stereocenters. The van der Waals surface area contributed by atoms with Crippen molar-refractivity contribution in [3.8, 4) is 5.75 Å². The van der Waals surface area contributed by atoms with E-state index in [1.165, 1.54) is 45.2 Å². The molecule has 2 aliphatic heterocycles. The number of aromatic nitrogens is 1. The van der Waals surface area contributed by atoms with Crippen LogP contribution in [0.25, 0.3) is 10.9 Å². The number of benzene rings is 1. The fraction of sp³-hybridized carbons (Fsp3) is 0.591. The van der Waals surface area contributed by atoms with E-state index in [1.807, 2.05) is 47.8 Å². The monoisotopic (exact) mass is 369 g/mol. The van der Waals surface area contributed by atoms with Crippen LogP contribution in [0.4, 0.5) is 0 Å². The Morgan fingerprint density at radius 3 is 2.81 bits per heavy atom. The van der Waals surface area contributed by atoms with Gasteiger partial charge in [0.05, 0.1) is 12.6 Å². The number of carbonyl (C=O) groups excluding carboxylic acids is 1. The molecule has 2 atom stereocenters. The van der Waals surface area contributed by atoms with Crippen molar-refractivity contribution in [1.82, 2.24) is 14.4 Å². The van der Waals surface area contributed by atoms with E-state index in [-0.39, 0.29) is 5.91 Å². The molecule has 146 valence electrons. The van der Waals surface area contributed by atoms with E-state index in [0.717, 1.165) is 28.9 Å². The zero-order valence-corrected chi connectivity index (χ0v) is 16.8. The predicted octanol–water partition coefficient (Wildman–Crippen LogP) is 3.52. The first-order chi connectivity index (χ1) is 13.1. The van der Waals surface area contributed by atoms with Gasteiger partial charge < -0.3 is 19.1 Å². The second-order valence-electron chi connectivity index (χ2n) is 8.20. The molecule has 0 N–H and O–H groups in total. The molecule has 1 aromatic carbocycles. The summed E-state index contributed by atoms with van der Waals surface area (Å²) < 4.78 is 7.32. The number of fused-ring (bicyclic) bond motifs is 2. The molecule has 0 aliphatic carbocycles. The highest BCUT2D eigenvalue weighted by Gasteiger charge is 2.34. The van der Waals surface area contributed by atoms with Crippen LogP contribution in [-0.4, -0.2) is 60.1 Å². The molecule has 2 aliphatic rings. The summed E-state index contributed by atoms with van der Waals surface area (Å²) in [6, 6.07) is 8.63. The SMILES string of the molecule is COc1ccc2cc(C(=O)N(C)C[C@H]3CCCN4CCCC[C@@H]34)n(C)c2c1. The number of hydrogen-bond acceptors (Lipinski definition) is 3. The average Bonchev–Trinajstić information content (AvgIpc) is 3.03. The van der Waals surface area contributed by atoms with E-state index in [9.17, 15) is 4.79 Å². The molecule has 1 aromatic heterocycles. The number of methoxy groups -OCH3 is 1. The molecule has 0 spiro atoms. The van der Waals surface area contributed by atoms with Crippen molar-refractivity contribution in [2.75, 3.05) is 33.8 Å². The van der Waals surface area contributed by atoms with Crippen molar-refractivity contribution in [3.63, 3.8) is 0 Å². The van der Waals surface area contributed by atoms with Crippen molar-refractivity contribution in [1.29, 1.82) is 0 Å². The van der Waals surface area contributed by atoms with Gasteiger partial charge in [-0.1, -0.05) is 6.42 Å². The normalized spacial score (nSPS) is 23.2. The summed E-state index contributed by atoms with van der Waals surface area (Å²) in [6.07, 6.45) is 6.46. The van der Waals surface area contributed by atoms with Crippen LogP contribution >= 0.6 is 0 Å². The van der Waals surface area contributed by atoms with E-state index in [0.29, 0.717) is 12.0 Å². The van der Waals surface area contributed by atoms with Gasteiger partial charge in [0.1, 0.15) is 11.4 Å². The zero-order valence-electron chi connectivity index (χ0n) is 16.8. The maximum Gasteiger partial charge on any atom is 0.270 e. The maximum atomic E-state index is 13.2. The number of rotatable bonds is 4. The minimum Gasteiger partial charge on any atom is -0.497 e. The van der Waals surface area contributed by atoms with Gasteiger partial charge >= 0.3 is 0 Å². The lowest BCUT2D eigenvalue weighted by molar-refractivity contribution is 0.0400. The Hall–Kier alpha value is -2.01. The van der Waals surface area contributed by atoms with E-state index in [1.54, 1.807) is 7.11 Å². The number of piperidine rings is 2. The first kappa shape index (κ1) is 18.4. The summed E-state index contributed by atoms with van der Waals surface area (Å²) in [6.45, 7) is 3.33. The molecule has 0 saturated carbocycles. The molecule has 2 aromatic rings. The second-order valence-corrected chi connectivity index (χ2v) is 8.20. The summed E-state index contributed by atoms with van der Waals surface area (Å²) in [5.41, 5.74) is 1.78. The third kappa shape index (κ3) is 3.45. The van der Waals surface area contributed by atoms with Crippen LogP contribution in [0.2, 0.25) is 0 Å². The van der Waals surface area contributed by atoms with Crippen LogP contribution in [0.1, 0.15) is 42.6 Å². The van der Waals surface area contributed by atoms with Gasteiger partial charge in [-0.15, -0.1) is 0 Å². The lowest BCUT2D eigenvalue weighted by atomic mass is 9.83. The van der Waals surface area contributed by atoms with Crippen LogP contribution in [0.5, 0.6) is 5.75 Å². The topological polar surface area (TPSA) is 37.7 Å². The van der Waals surface area contributed by atoms with Crippen LogP contribution in [0.3, 0.4) is 0 Å². The fourth-order valence-electron chi connectivity index (χ4n) is 5.06. The molecule has 0 radical (unpaired) electrons. The van der Waals surface area contributed by atoms with E-state index in [2.05, 4.69) is 4.90 Å². The van der Waals surface area contributed by atoms with Crippen molar-refractivity contribution >= 4 is 16.8 Å². The minimum atomic E-state index is 0.112. The first-order valence-electron chi connectivity index (χ1n) is 10.2. The molecule has 2 saturated heterocycles. The summed E-state index contributed by atoms with van der Waals surface area (Å²) in [5, 5.41) is 1.08. The third-order valence-electron chi connectivity index (χ3n) is 6.56. The lowest BCUT2D eigenvalue weighted by Crippen LogP contribution is -2.51. The summed E-state index contributed by atoms with van der Waals surface area (Å²) >= 11 is 0.